The summed E-state index contributed by atoms with van der Waals surface area (Å²) in [7, 11) is 0. The summed E-state index contributed by atoms with van der Waals surface area (Å²) in [6, 6.07) is 0. The summed E-state index contributed by atoms with van der Waals surface area (Å²) in [5.74, 6) is 0.549. The lowest BCUT2D eigenvalue weighted by Gasteiger charge is -2.00. The third kappa shape index (κ3) is 2.03. The Morgan fingerprint density at radius 2 is 2.18 bits per heavy atom. The molecule has 0 bridgehead atoms. The van der Waals surface area contributed by atoms with E-state index in [9.17, 15) is 0 Å². The van der Waals surface area contributed by atoms with Crippen molar-refractivity contribution in [1.29, 1.82) is 0 Å². The van der Waals surface area contributed by atoms with E-state index in [1.54, 1.807) is 11.3 Å². The summed E-state index contributed by atoms with van der Waals surface area (Å²) >= 11 is 5.25. The lowest BCUT2D eigenvalue weighted by atomic mass is 10.1. The maximum absolute atomic E-state index is 4.47. The van der Waals surface area contributed by atoms with E-state index in [4.69, 9.17) is 0 Å². The van der Waals surface area contributed by atoms with Crippen LogP contribution in [-0.2, 0) is 5.33 Å². The first-order valence-corrected chi connectivity index (χ1v) is 5.61. The average Bonchev–Trinajstić information content (AvgIpc) is 2.30. The van der Waals surface area contributed by atoms with Gasteiger partial charge in [0.1, 0.15) is 0 Å². The molecule has 1 aromatic rings. The van der Waals surface area contributed by atoms with Gasteiger partial charge in [0.15, 0.2) is 0 Å². The molecule has 0 saturated heterocycles. The number of alkyl halides is 1. The Kier molecular flexibility index (Phi) is 3.07. The van der Waals surface area contributed by atoms with Gasteiger partial charge >= 0.3 is 0 Å². The number of aromatic nitrogens is 1. The fourth-order valence-corrected chi connectivity index (χ4v) is 2.60. The van der Waals surface area contributed by atoms with Crippen LogP contribution in [0.2, 0.25) is 0 Å². The summed E-state index contributed by atoms with van der Waals surface area (Å²) in [6.45, 7) is 6.42. The number of halogens is 1. The maximum atomic E-state index is 4.47. The highest BCUT2D eigenvalue weighted by Crippen LogP contribution is 2.26. The van der Waals surface area contributed by atoms with E-state index in [0.29, 0.717) is 5.92 Å². The van der Waals surface area contributed by atoms with Crippen molar-refractivity contribution in [1.82, 2.24) is 4.98 Å². The molecular formula is C8H12BrNS. The van der Waals surface area contributed by atoms with Crippen LogP contribution in [0.3, 0.4) is 0 Å². The Labute approximate surface area is 80.0 Å². The quantitative estimate of drug-likeness (QED) is 0.714. The molecule has 1 nitrogen and oxygen atoms in total. The number of hydrogen-bond donors (Lipinski definition) is 0. The number of aryl methyl sites for hydroxylation is 1. The third-order valence-corrected chi connectivity index (χ3v) is 3.42. The summed E-state index contributed by atoms with van der Waals surface area (Å²) in [5.41, 5.74) is 1.25. The van der Waals surface area contributed by atoms with Crippen molar-refractivity contribution in [2.45, 2.75) is 32.0 Å². The van der Waals surface area contributed by atoms with Crippen molar-refractivity contribution in [3.63, 3.8) is 0 Å². The summed E-state index contributed by atoms with van der Waals surface area (Å²) in [5, 5.41) is 2.11. The van der Waals surface area contributed by atoms with Crippen molar-refractivity contribution in [2.24, 2.45) is 0 Å². The highest BCUT2D eigenvalue weighted by atomic mass is 79.9. The fraction of sp³-hybridized carbons (Fsp3) is 0.625. The largest absolute Gasteiger partial charge is 0.246 e. The van der Waals surface area contributed by atoms with E-state index in [2.05, 4.69) is 41.7 Å². The molecule has 0 N–H and O–H groups in total. The Morgan fingerprint density at radius 3 is 2.55 bits per heavy atom. The molecule has 0 fully saturated rings. The fourth-order valence-electron chi connectivity index (χ4n) is 1.03. The van der Waals surface area contributed by atoms with Gasteiger partial charge in [-0.05, 0) is 12.8 Å². The number of rotatable bonds is 2. The first-order valence-electron chi connectivity index (χ1n) is 3.67. The molecule has 0 saturated carbocycles. The van der Waals surface area contributed by atoms with Gasteiger partial charge in [0.25, 0.3) is 0 Å². The molecule has 1 aromatic heterocycles. The molecule has 0 radical (unpaired) electrons. The lowest BCUT2D eigenvalue weighted by Crippen LogP contribution is -1.90. The predicted octanol–water partition coefficient (Wildman–Crippen LogP) is 3.47. The minimum Gasteiger partial charge on any atom is -0.246 e. The van der Waals surface area contributed by atoms with Crippen LogP contribution in [0.15, 0.2) is 0 Å². The van der Waals surface area contributed by atoms with Gasteiger partial charge in [-0.3, -0.25) is 0 Å². The second-order valence-corrected chi connectivity index (χ2v) is 4.68. The van der Waals surface area contributed by atoms with Gasteiger partial charge in [-0.15, -0.1) is 11.3 Å². The predicted molar refractivity (Wildman–Crippen MR) is 53.6 cm³/mol. The second-order valence-electron chi connectivity index (χ2n) is 2.83. The van der Waals surface area contributed by atoms with Gasteiger partial charge < -0.3 is 0 Å². The molecule has 0 unspecified atom stereocenters. The second kappa shape index (κ2) is 3.68. The molecule has 62 valence electrons. The number of thiazole rings is 1. The molecule has 0 amide bonds. The van der Waals surface area contributed by atoms with Crippen LogP contribution < -0.4 is 0 Å². The molecule has 0 atom stereocenters. The molecule has 0 aliphatic carbocycles. The lowest BCUT2D eigenvalue weighted by molar-refractivity contribution is 0.820. The van der Waals surface area contributed by atoms with E-state index in [0.717, 1.165) is 5.33 Å². The van der Waals surface area contributed by atoms with Crippen molar-refractivity contribution in [3.05, 3.63) is 15.6 Å². The highest BCUT2D eigenvalue weighted by molar-refractivity contribution is 9.08. The van der Waals surface area contributed by atoms with E-state index in [-0.39, 0.29) is 0 Å². The van der Waals surface area contributed by atoms with Crippen molar-refractivity contribution >= 4 is 27.3 Å². The van der Waals surface area contributed by atoms with E-state index < -0.39 is 0 Å². The van der Waals surface area contributed by atoms with Gasteiger partial charge in [-0.25, -0.2) is 4.98 Å². The monoisotopic (exact) mass is 233 g/mol. The van der Waals surface area contributed by atoms with Gasteiger partial charge in [0.2, 0.25) is 0 Å². The molecule has 0 aromatic carbocycles. The summed E-state index contributed by atoms with van der Waals surface area (Å²) in [6.07, 6.45) is 0. The zero-order valence-electron chi connectivity index (χ0n) is 7.02. The Hall–Kier alpha value is 0.110. The van der Waals surface area contributed by atoms with Crippen molar-refractivity contribution in [2.75, 3.05) is 0 Å². The van der Waals surface area contributed by atoms with Gasteiger partial charge in [-0.2, -0.15) is 0 Å². The molecule has 3 heteroatoms. The topological polar surface area (TPSA) is 12.9 Å². The molecule has 0 aliphatic heterocycles. The molecule has 1 heterocycles. The van der Waals surface area contributed by atoms with Crippen LogP contribution >= 0.6 is 27.3 Å². The third-order valence-electron chi connectivity index (χ3n) is 1.50. The maximum Gasteiger partial charge on any atom is 0.0900 e. The summed E-state index contributed by atoms with van der Waals surface area (Å²) in [4.78, 5) is 5.84. The smallest absolute Gasteiger partial charge is 0.0900 e. The minimum atomic E-state index is 0.549. The normalized spacial score (nSPS) is 11.0. The standard InChI is InChI=1S/C8H12BrNS/c1-5(2)8-7(4-9)11-6(3)10-8/h5H,4H2,1-3H3. The van der Waals surface area contributed by atoms with Crippen LogP contribution in [0.1, 0.15) is 35.3 Å². The van der Waals surface area contributed by atoms with Crippen molar-refractivity contribution in [3.8, 4) is 0 Å². The van der Waals surface area contributed by atoms with Crippen LogP contribution in [0, 0.1) is 6.92 Å². The minimum absolute atomic E-state index is 0.549. The number of nitrogens with zero attached hydrogens (tertiary/aromatic N) is 1. The average molecular weight is 234 g/mol. The SMILES string of the molecule is Cc1nc(C(C)C)c(CBr)s1. The van der Waals surface area contributed by atoms with Crippen LogP contribution in [-0.4, -0.2) is 4.98 Å². The van der Waals surface area contributed by atoms with E-state index >= 15 is 0 Å². The summed E-state index contributed by atoms with van der Waals surface area (Å²) < 4.78 is 0. The van der Waals surface area contributed by atoms with Crippen molar-refractivity contribution < 1.29 is 0 Å². The Morgan fingerprint density at radius 1 is 1.55 bits per heavy atom. The molecule has 11 heavy (non-hydrogen) atoms. The molecular weight excluding hydrogens is 222 g/mol. The molecule has 0 aliphatic rings. The molecule has 0 spiro atoms. The number of hydrogen-bond acceptors (Lipinski definition) is 2. The first kappa shape index (κ1) is 9.20. The highest BCUT2D eigenvalue weighted by Gasteiger charge is 2.10. The Bertz CT molecular complexity index is 242. The van der Waals surface area contributed by atoms with Gasteiger partial charge in [0, 0.05) is 10.2 Å². The zero-order chi connectivity index (χ0) is 8.43. The van der Waals surface area contributed by atoms with Gasteiger partial charge in [-0.1, -0.05) is 29.8 Å². The van der Waals surface area contributed by atoms with Crippen LogP contribution in [0.5, 0.6) is 0 Å². The molecule has 1 rings (SSSR count). The first-order chi connectivity index (χ1) is 5.15. The van der Waals surface area contributed by atoms with Gasteiger partial charge in [0.05, 0.1) is 10.7 Å². The van der Waals surface area contributed by atoms with E-state index in [1.165, 1.54) is 15.6 Å². The van der Waals surface area contributed by atoms with E-state index in [1.807, 2.05) is 0 Å². The van der Waals surface area contributed by atoms with Crippen LogP contribution in [0.4, 0.5) is 0 Å². The van der Waals surface area contributed by atoms with Crippen LogP contribution in [0.25, 0.3) is 0 Å². The Balaban J connectivity index is 3.02. The zero-order valence-corrected chi connectivity index (χ0v) is 9.42.